The van der Waals surface area contributed by atoms with Crippen LogP contribution in [0.3, 0.4) is 0 Å². The lowest BCUT2D eigenvalue weighted by atomic mass is 9.76. The van der Waals surface area contributed by atoms with E-state index in [-0.39, 0.29) is 0 Å². The molecule has 3 heterocycles. The fourth-order valence-electron chi connectivity index (χ4n) is 3.68. The Morgan fingerprint density at radius 3 is 3.07 bits per heavy atom. The highest BCUT2D eigenvalue weighted by Crippen LogP contribution is 2.35. The zero-order valence-electron chi connectivity index (χ0n) is 9.24. The molecule has 0 radical (unpaired) electrons. The van der Waals surface area contributed by atoms with Gasteiger partial charge in [0.05, 0.1) is 0 Å². The van der Waals surface area contributed by atoms with Crippen LogP contribution in [0, 0.1) is 5.92 Å². The number of nitrogens with one attached hydrogen (secondary N) is 1. The van der Waals surface area contributed by atoms with Gasteiger partial charge in [0.2, 0.25) is 5.91 Å². The van der Waals surface area contributed by atoms with Gasteiger partial charge in [-0.05, 0) is 44.6 Å². The van der Waals surface area contributed by atoms with Crippen molar-refractivity contribution in [2.45, 2.75) is 50.6 Å². The van der Waals surface area contributed by atoms with Gasteiger partial charge in [-0.15, -0.1) is 0 Å². The molecule has 0 aromatic carbocycles. The van der Waals surface area contributed by atoms with E-state index in [0.29, 0.717) is 18.0 Å². The van der Waals surface area contributed by atoms with Gasteiger partial charge in [-0.2, -0.15) is 0 Å². The van der Waals surface area contributed by atoms with Gasteiger partial charge in [0.25, 0.3) is 0 Å². The minimum Gasteiger partial charge on any atom is -0.339 e. The van der Waals surface area contributed by atoms with E-state index in [1.54, 1.807) is 0 Å². The van der Waals surface area contributed by atoms with Crippen LogP contribution in [-0.4, -0.2) is 36.0 Å². The topological polar surface area (TPSA) is 32.3 Å². The predicted octanol–water partition coefficient (Wildman–Crippen LogP) is 1.14. The molecule has 0 unspecified atom stereocenters. The van der Waals surface area contributed by atoms with E-state index in [4.69, 9.17) is 0 Å². The summed E-state index contributed by atoms with van der Waals surface area (Å²) in [6.07, 6.45) is 7.15. The van der Waals surface area contributed by atoms with Crippen molar-refractivity contribution >= 4 is 5.91 Å². The zero-order chi connectivity index (χ0) is 10.3. The first-order chi connectivity index (χ1) is 7.36. The van der Waals surface area contributed by atoms with Crippen molar-refractivity contribution in [3.63, 3.8) is 0 Å². The fourth-order valence-corrected chi connectivity index (χ4v) is 3.68. The van der Waals surface area contributed by atoms with Crippen LogP contribution in [0.4, 0.5) is 0 Å². The first-order valence-electron chi connectivity index (χ1n) is 6.39. The molecule has 3 aliphatic rings. The SMILES string of the molecule is O=C1C[C@H]2NCCC[C@@H]2[C@H]2CCCCN12. The summed E-state index contributed by atoms with van der Waals surface area (Å²) >= 11 is 0. The monoisotopic (exact) mass is 208 g/mol. The molecule has 15 heavy (non-hydrogen) atoms. The van der Waals surface area contributed by atoms with Gasteiger partial charge < -0.3 is 10.2 Å². The largest absolute Gasteiger partial charge is 0.339 e. The summed E-state index contributed by atoms with van der Waals surface area (Å²) in [5, 5.41) is 3.54. The van der Waals surface area contributed by atoms with Crippen molar-refractivity contribution < 1.29 is 4.79 Å². The number of nitrogens with zero attached hydrogens (tertiary/aromatic N) is 1. The van der Waals surface area contributed by atoms with Crippen molar-refractivity contribution in [3.8, 4) is 0 Å². The lowest BCUT2D eigenvalue weighted by Crippen LogP contribution is -2.60. The Labute approximate surface area is 91.2 Å². The highest BCUT2D eigenvalue weighted by Gasteiger charge is 2.43. The first kappa shape index (κ1) is 9.64. The zero-order valence-corrected chi connectivity index (χ0v) is 9.24. The molecule has 84 valence electrons. The average Bonchev–Trinajstić information content (AvgIpc) is 2.30. The lowest BCUT2D eigenvalue weighted by Gasteiger charge is -2.49. The number of rotatable bonds is 0. The molecule has 3 nitrogen and oxygen atoms in total. The first-order valence-corrected chi connectivity index (χ1v) is 6.39. The maximum absolute atomic E-state index is 12.0. The van der Waals surface area contributed by atoms with Crippen LogP contribution >= 0.6 is 0 Å². The Balaban J connectivity index is 1.82. The van der Waals surface area contributed by atoms with Crippen LogP contribution in [0.5, 0.6) is 0 Å². The van der Waals surface area contributed by atoms with E-state index >= 15 is 0 Å². The molecular formula is C12H20N2O. The Hall–Kier alpha value is -0.570. The molecule has 3 aliphatic heterocycles. The molecule has 1 N–H and O–H groups in total. The van der Waals surface area contributed by atoms with Gasteiger partial charge in [0.1, 0.15) is 0 Å². The number of hydrogen-bond donors (Lipinski definition) is 1. The van der Waals surface area contributed by atoms with Crippen molar-refractivity contribution in [2.24, 2.45) is 5.92 Å². The third kappa shape index (κ3) is 1.57. The maximum Gasteiger partial charge on any atom is 0.224 e. The van der Waals surface area contributed by atoms with Gasteiger partial charge in [-0.1, -0.05) is 0 Å². The Morgan fingerprint density at radius 2 is 2.13 bits per heavy atom. The third-order valence-corrected chi connectivity index (χ3v) is 4.40. The van der Waals surface area contributed by atoms with Crippen LogP contribution in [-0.2, 0) is 4.79 Å². The lowest BCUT2D eigenvalue weighted by molar-refractivity contribution is -0.143. The number of amides is 1. The molecule has 3 saturated heterocycles. The Bertz CT molecular complexity index is 266. The number of hydrogen-bond acceptors (Lipinski definition) is 2. The van der Waals surface area contributed by atoms with Crippen LogP contribution in [0.15, 0.2) is 0 Å². The van der Waals surface area contributed by atoms with E-state index in [0.717, 1.165) is 25.4 Å². The van der Waals surface area contributed by atoms with Gasteiger partial charge >= 0.3 is 0 Å². The van der Waals surface area contributed by atoms with E-state index in [1.807, 2.05) is 0 Å². The number of piperidine rings is 3. The summed E-state index contributed by atoms with van der Waals surface area (Å²) in [5.41, 5.74) is 0. The summed E-state index contributed by atoms with van der Waals surface area (Å²) < 4.78 is 0. The predicted molar refractivity (Wildman–Crippen MR) is 58.5 cm³/mol. The molecule has 1 amide bonds. The molecule has 0 aromatic rings. The Kier molecular flexibility index (Phi) is 2.43. The molecule has 0 aromatic heterocycles. The molecule has 0 spiro atoms. The highest BCUT2D eigenvalue weighted by atomic mass is 16.2. The molecular weight excluding hydrogens is 188 g/mol. The van der Waals surface area contributed by atoms with Gasteiger partial charge in [-0.3, -0.25) is 4.79 Å². The summed E-state index contributed by atoms with van der Waals surface area (Å²) in [4.78, 5) is 14.1. The normalized spacial score (nSPS) is 40.9. The fraction of sp³-hybridized carbons (Fsp3) is 0.917. The molecule has 3 rings (SSSR count). The standard InChI is InChI=1S/C12H20N2O/c15-12-8-10-9(4-3-6-13-10)11-5-1-2-7-14(11)12/h9-11,13H,1-8H2/t9-,10+,11+/m0/s1. The van der Waals surface area contributed by atoms with Crippen molar-refractivity contribution in [1.82, 2.24) is 10.2 Å². The average molecular weight is 208 g/mol. The second-order valence-corrected chi connectivity index (χ2v) is 5.22. The minimum absolute atomic E-state index is 0.398. The van der Waals surface area contributed by atoms with Crippen molar-refractivity contribution in [1.29, 1.82) is 0 Å². The number of fused-ring (bicyclic) bond motifs is 3. The smallest absolute Gasteiger partial charge is 0.224 e. The number of carbonyl (C=O) groups excluding carboxylic acids is 1. The van der Waals surface area contributed by atoms with Crippen LogP contribution in [0.1, 0.15) is 38.5 Å². The molecule has 3 heteroatoms. The van der Waals surface area contributed by atoms with Crippen LogP contribution in [0.25, 0.3) is 0 Å². The second kappa shape index (κ2) is 3.78. The van der Waals surface area contributed by atoms with Crippen molar-refractivity contribution in [2.75, 3.05) is 13.1 Å². The van der Waals surface area contributed by atoms with Gasteiger partial charge in [0, 0.05) is 25.0 Å². The van der Waals surface area contributed by atoms with Gasteiger partial charge in [-0.25, -0.2) is 0 Å². The quantitative estimate of drug-likeness (QED) is 0.647. The van der Waals surface area contributed by atoms with Gasteiger partial charge in [0.15, 0.2) is 0 Å². The van der Waals surface area contributed by atoms with Crippen LogP contribution in [0.2, 0.25) is 0 Å². The molecule has 0 aliphatic carbocycles. The van der Waals surface area contributed by atoms with E-state index < -0.39 is 0 Å². The molecule has 0 saturated carbocycles. The van der Waals surface area contributed by atoms with E-state index in [2.05, 4.69) is 10.2 Å². The minimum atomic E-state index is 0.398. The summed E-state index contributed by atoms with van der Waals surface area (Å²) in [7, 11) is 0. The Morgan fingerprint density at radius 1 is 1.20 bits per heavy atom. The summed E-state index contributed by atoms with van der Waals surface area (Å²) in [6.45, 7) is 2.13. The molecule has 3 atom stereocenters. The maximum atomic E-state index is 12.0. The van der Waals surface area contributed by atoms with Crippen molar-refractivity contribution in [3.05, 3.63) is 0 Å². The molecule has 0 bridgehead atoms. The summed E-state index contributed by atoms with van der Waals surface area (Å²) in [6, 6.07) is 1.06. The number of carbonyl (C=O) groups is 1. The van der Waals surface area contributed by atoms with E-state index in [1.165, 1.54) is 32.1 Å². The van der Waals surface area contributed by atoms with E-state index in [9.17, 15) is 4.79 Å². The third-order valence-electron chi connectivity index (χ3n) is 4.40. The highest BCUT2D eigenvalue weighted by molar-refractivity contribution is 5.78. The molecule has 3 fully saturated rings. The summed E-state index contributed by atoms with van der Waals surface area (Å²) in [5.74, 6) is 1.15. The second-order valence-electron chi connectivity index (χ2n) is 5.22. The van der Waals surface area contributed by atoms with Crippen LogP contribution < -0.4 is 5.32 Å².